The Kier molecular flexibility index (Phi) is 2.53. The molecule has 0 saturated carbocycles. The van der Waals surface area contributed by atoms with Crippen LogP contribution in [0.3, 0.4) is 0 Å². The number of hydrogen-bond acceptors (Lipinski definition) is 4. The zero-order valence-electron chi connectivity index (χ0n) is 7.64. The monoisotopic (exact) mass is 257 g/mol. The molecule has 0 unspecified atom stereocenters. The van der Waals surface area contributed by atoms with Gasteiger partial charge in [-0.2, -0.15) is 0 Å². The molecular weight excluding hydrogens is 254 g/mol. The second-order valence-electron chi connectivity index (χ2n) is 2.99. The van der Waals surface area contributed by atoms with Gasteiger partial charge in [0.2, 0.25) is 0 Å². The molecule has 0 aliphatic carbocycles. The summed E-state index contributed by atoms with van der Waals surface area (Å²) in [5.41, 5.74) is -0.107. The molecule has 0 fully saturated rings. The van der Waals surface area contributed by atoms with E-state index in [1.165, 1.54) is 18.2 Å². The number of thiophene rings is 1. The van der Waals surface area contributed by atoms with Crippen LogP contribution in [-0.2, 0) is 0 Å². The van der Waals surface area contributed by atoms with Gasteiger partial charge in [-0.25, -0.2) is 4.79 Å². The van der Waals surface area contributed by atoms with Crippen molar-refractivity contribution in [1.82, 2.24) is 0 Å². The third-order valence-corrected chi connectivity index (χ3v) is 3.68. The van der Waals surface area contributed by atoms with Crippen LogP contribution in [0.1, 0.15) is 9.67 Å². The van der Waals surface area contributed by atoms with E-state index in [1.807, 2.05) is 0 Å². The lowest BCUT2D eigenvalue weighted by molar-refractivity contribution is -0.384. The van der Waals surface area contributed by atoms with Crippen molar-refractivity contribution in [2.45, 2.75) is 0 Å². The van der Waals surface area contributed by atoms with Gasteiger partial charge < -0.3 is 5.11 Å². The van der Waals surface area contributed by atoms with Gasteiger partial charge in [0, 0.05) is 22.2 Å². The van der Waals surface area contributed by atoms with Crippen LogP contribution < -0.4 is 0 Å². The number of nitrogens with zero attached hydrogens (tertiary/aromatic N) is 1. The quantitative estimate of drug-likeness (QED) is 0.662. The summed E-state index contributed by atoms with van der Waals surface area (Å²) in [5.74, 6) is -1.13. The van der Waals surface area contributed by atoms with E-state index in [1.54, 1.807) is 0 Å². The number of nitro groups is 1. The van der Waals surface area contributed by atoms with E-state index >= 15 is 0 Å². The molecular formula is C9H4ClNO4S. The number of halogens is 1. The Morgan fingerprint density at radius 1 is 1.50 bits per heavy atom. The zero-order valence-corrected chi connectivity index (χ0v) is 9.21. The number of carboxylic acids is 1. The zero-order chi connectivity index (χ0) is 11.9. The average molecular weight is 258 g/mol. The minimum Gasteiger partial charge on any atom is -0.477 e. The summed E-state index contributed by atoms with van der Waals surface area (Å²) >= 11 is 6.83. The van der Waals surface area contributed by atoms with Crippen LogP contribution in [0.25, 0.3) is 10.1 Å². The molecule has 7 heteroatoms. The standard InChI is InChI=1S/C9H4ClNO4S/c10-7-5-3-4(11(14)15)1-2-6(5)16-8(7)9(12)13/h1-3H,(H,12,13). The Morgan fingerprint density at radius 3 is 2.75 bits per heavy atom. The Labute approximate surface area is 98.0 Å². The number of aromatic carboxylic acids is 1. The molecule has 0 amide bonds. The lowest BCUT2D eigenvalue weighted by atomic mass is 10.2. The molecule has 0 aliphatic rings. The van der Waals surface area contributed by atoms with E-state index in [2.05, 4.69) is 0 Å². The number of carboxylic acid groups (broad SMARTS) is 1. The molecule has 16 heavy (non-hydrogen) atoms. The highest BCUT2D eigenvalue weighted by molar-refractivity contribution is 7.21. The molecule has 1 aromatic carbocycles. The molecule has 1 aromatic heterocycles. The molecule has 2 rings (SSSR count). The van der Waals surface area contributed by atoms with E-state index in [-0.39, 0.29) is 15.6 Å². The van der Waals surface area contributed by atoms with Gasteiger partial charge in [0.1, 0.15) is 4.88 Å². The molecule has 82 valence electrons. The summed E-state index contributed by atoms with van der Waals surface area (Å²) in [6.45, 7) is 0. The smallest absolute Gasteiger partial charge is 0.347 e. The first-order valence-electron chi connectivity index (χ1n) is 4.10. The van der Waals surface area contributed by atoms with Crippen molar-refractivity contribution in [2.75, 3.05) is 0 Å². The lowest BCUT2D eigenvalue weighted by Crippen LogP contribution is -1.91. The van der Waals surface area contributed by atoms with Crippen molar-refractivity contribution >= 4 is 44.7 Å². The fourth-order valence-electron chi connectivity index (χ4n) is 1.31. The summed E-state index contributed by atoms with van der Waals surface area (Å²) in [7, 11) is 0. The van der Waals surface area contributed by atoms with Crippen LogP contribution >= 0.6 is 22.9 Å². The normalized spacial score (nSPS) is 10.6. The maximum atomic E-state index is 10.8. The van der Waals surface area contributed by atoms with E-state index in [9.17, 15) is 14.9 Å². The summed E-state index contributed by atoms with van der Waals surface area (Å²) < 4.78 is 0.619. The Bertz CT molecular complexity index is 607. The number of rotatable bonds is 2. The predicted octanol–water partition coefficient (Wildman–Crippen LogP) is 3.16. The van der Waals surface area contributed by atoms with Gasteiger partial charge in [0.15, 0.2) is 0 Å². The molecule has 5 nitrogen and oxygen atoms in total. The molecule has 2 aromatic rings. The van der Waals surface area contributed by atoms with Crippen LogP contribution in [-0.4, -0.2) is 16.0 Å². The van der Waals surface area contributed by atoms with Crippen molar-refractivity contribution in [3.63, 3.8) is 0 Å². The van der Waals surface area contributed by atoms with Gasteiger partial charge >= 0.3 is 5.97 Å². The number of fused-ring (bicyclic) bond motifs is 1. The summed E-state index contributed by atoms with van der Waals surface area (Å²) in [6, 6.07) is 4.10. The molecule has 0 aliphatic heterocycles. The van der Waals surface area contributed by atoms with Crippen molar-refractivity contribution in [1.29, 1.82) is 0 Å². The minimum atomic E-state index is -1.13. The van der Waals surface area contributed by atoms with Gasteiger partial charge in [-0.05, 0) is 6.07 Å². The third kappa shape index (κ3) is 1.62. The molecule has 0 radical (unpaired) electrons. The maximum Gasteiger partial charge on any atom is 0.347 e. The van der Waals surface area contributed by atoms with Crippen LogP contribution in [0.15, 0.2) is 18.2 Å². The Morgan fingerprint density at radius 2 is 2.19 bits per heavy atom. The summed E-state index contributed by atoms with van der Waals surface area (Å²) in [6.07, 6.45) is 0. The lowest BCUT2D eigenvalue weighted by Gasteiger charge is -1.91. The SMILES string of the molecule is O=C(O)c1sc2ccc([N+](=O)[O-])cc2c1Cl. The number of benzene rings is 1. The maximum absolute atomic E-state index is 10.8. The summed E-state index contributed by atoms with van der Waals surface area (Å²) in [5, 5.41) is 19.8. The minimum absolute atomic E-state index is 0.00263. The molecule has 1 N–H and O–H groups in total. The van der Waals surface area contributed by atoms with Crippen molar-refractivity contribution in [3.8, 4) is 0 Å². The van der Waals surface area contributed by atoms with E-state index < -0.39 is 10.9 Å². The van der Waals surface area contributed by atoms with Gasteiger partial charge in [0.05, 0.1) is 9.95 Å². The highest BCUT2D eigenvalue weighted by Gasteiger charge is 2.18. The Balaban J connectivity index is 2.73. The highest BCUT2D eigenvalue weighted by atomic mass is 35.5. The molecule has 0 spiro atoms. The molecule has 0 saturated heterocycles. The number of hydrogen-bond donors (Lipinski definition) is 1. The number of carbonyl (C=O) groups is 1. The topological polar surface area (TPSA) is 80.4 Å². The van der Waals surface area contributed by atoms with Gasteiger partial charge in [-0.15, -0.1) is 11.3 Å². The number of nitro benzene ring substituents is 1. The van der Waals surface area contributed by atoms with Crippen LogP contribution in [0.5, 0.6) is 0 Å². The van der Waals surface area contributed by atoms with Gasteiger partial charge in [-0.3, -0.25) is 10.1 Å². The van der Waals surface area contributed by atoms with E-state index in [0.717, 1.165) is 11.3 Å². The van der Waals surface area contributed by atoms with Gasteiger partial charge in [0.25, 0.3) is 5.69 Å². The fraction of sp³-hybridized carbons (Fsp3) is 0. The van der Waals surface area contributed by atoms with Crippen LogP contribution in [0.2, 0.25) is 5.02 Å². The van der Waals surface area contributed by atoms with Crippen molar-refractivity contribution in [3.05, 3.63) is 38.2 Å². The molecule has 1 heterocycles. The fourth-order valence-corrected chi connectivity index (χ4v) is 2.63. The third-order valence-electron chi connectivity index (χ3n) is 2.02. The first-order valence-corrected chi connectivity index (χ1v) is 5.30. The first-order chi connectivity index (χ1) is 7.50. The Hall–Kier alpha value is -1.66. The van der Waals surface area contributed by atoms with E-state index in [0.29, 0.717) is 10.1 Å². The highest BCUT2D eigenvalue weighted by Crippen LogP contribution is 2.37. The van der Waals surface area contributed by atoms with Crippen LogP contribution in [0, 0.1) is 10.1 Å². The van der Waals surface area contributed by atoms with Crippen LogP contribution in [0.4, 0.5) is 5.69 Å². The average Bonchev–Trinajstić information content (AvgIpc) is 2.56. The second kappa shape index (κ2) is 3.73. The predicted molar refractivity (Wildman–Crippen MR) is 60.4 cm³/mol. The second-order valence-corrected chi connectivity index (χ2v) is 4.42. The summed E-state index contributed by atoms with van der Waals surface area (Å²) in [4.78, 5) is 20.8. The molecule has 0 bridgehead atoms. The van der Waals surface area contributed by atoms with Gasteiger partial charge in [-0.1, -0.05) is 11.6 Å². The van der Waals surface area contributed by atoms with E-state index in [4.69, 9.17) is 16.7 Å². The first kappa shape index (κ1) is 10.8. The largest absolute Gasteiger partial charge is 0.477 e. The van der Waals surface area contributed by atoms with Crippen molar-refractivity contribution < 1.29 is 14.8 Å². The number of non-ortho nitro benzene ring substituents is 1. The van der Waals surface area contributed by atoms with Crippen molar-refractivity contribution in [2.24, 2.45) is 0 Å². The molecule has 0 atom stereocenters.